The number of hydrogen-bond donors (Lipinski definition) is 1. The van der Waals surface area contributed by atoms with Gasteiger partial charge < -0.3 is 19.5 Å². The molecule has 1 aliphatic rings. The van der Waals surface area contributed by atoms with Gasteiger partial charge >= 0.3 is 5.97 Å². The van der Waals surface area contributed by atoms with Crippen molar-refractivity contribution in [1.29, 1.82) is 0 Å². The summed E-state index contributed by atoms with van der Waals surface area (Å²) in [5.41, 5.74) is 0.0352. The molecule has 0 saturated carbocycles. The van der Waals surface area contributed by atoms with Crippen LogP contribution in [-0.4, -0.2) is 24.8 Å². The van der Waals surface area contributed by atoms with Crippen LogP contribution in [0.5, 0.6) is 11.5 Å². The van der Waals surface area contributed by atoms with Gasteiger partial charge in [-0.25, -0.2) is 9.18 Å². The highest BCUT2D eigenvalue weighted by Crippen LogP contribution is 2.34. The van der Waals surface area contributed by atoms with Gasteiger partial charge in [-0.05, 0) is 31.2 Å². The van der Waals surface area contributed by atoms with Crippen molar-refractivity contribution in [3.05, 3.63) is 52.8 Å². The minimum absolute atomic E-state index is 0.0895. The minimum Gasteiger partial charge on any atom is -0.454 e. The zero-order valence-corrected chi connectivity index (χ0v) is 13.8. The summed E-state index contributed by atoms with van der Waals surface area (Å²) < 4.78 is 29.1. The zero-order chi connectivity index (χ0) is 18.0. The maximum Gasteiger partial charge on any atom is 0.343 e. The Kier molecular flexibility index (Phi) is 4.76. The van der Waals surface area contributed by atoms with E-state index in [2.05, 4.69) is 5.32 Å². The van der Waals surface area contributed by atoms with Gasteiger partial charge in [-0.3, -0.25) is 4.79 Å². The average molecular weight is 366 g/mol. The molecule has 0 aliphatic carbocycles. The van der Waals surface area contributed by atoms with Crippen LogP contribution in [0.25, 0.3) is 0 Å². The first-order valence-electron chi connectivity index (χ1n) is 7.31. The van der Waals surface area contributed by atoms with Gasteiger partial charge in [-0.1, -0.05) is 17.7 Å². The summed E-state index contributed by atoms with van der Waals surface area (Å²) in [6, 6.07) is 8.66. The van der Waals surface area contributed by atoms with Crippen molar-refractivity contribution in [3.63, 3.8) is 0 Å². The third-order valence-electron chi connectivity index (χ3n) is 3.46. The monoisotopic (exact) mass is 365 g/mol. The Labute approximate surface area is 147 Å². The van der Waals surface area contributed by atoms with Gasteiger partial charge in [0.1, 0.15) is 11.4 Å². The summed E-state index contributed by atoms with van der Waals surface area (Å²) >= 11 is 5.80. The van der Waals surface area contributed by atoms with Gasteiger partial charge in [0, 0.05) is 11.8 Å². The van der Waals surface area contributed by atoms with Gasteiger partial charge in [0.25, 0.3) is 5.91 Å². The van der Waals surface area contributed by atoms with E-state index in [1.165, 1.54) is 19.1 Å². The number of halogens is 2. The zero-order valence-electron chi connectivity index (χ0n) is 13.0. The normalized spacial score (nSPS) is 13.2. The Morgan fingerprint density at radius 1 is 1.24 bits per heavy atom. The Morgan fingerprint density at radius 2 is 2.00 bits per heavy atom. The number of esters is 1. The molecule has 25 heavy (non-hydrogen) atoms. The fraction of sp³-hybridized carbons (Fsp3) is 0.176. The number of hydrogen-bond acceptors (Lipinski definition) is 5. The van der Waals surface area contributed by atoms with Crippen LogP contribution >= 0.6 is 11.6 Å². The predicted octanol–water partition coefficient (Wildman–Crippen LogP) is 3.39. The average Bonchev–Trinajstić information content (AvgIpc) is 3.02. The van der Waals surface area contributed by atoms with Crippen LogP contribution in [0.2, 0.25) is 5.02 Å². The number of amides is 1. The van der Waals surface area contributed by atoms with E-state index in [4.69, 9.17) is 25.8 Å². The van der Waals surface area contributed by atoms with E-state index >= 15 is 0 Å². The maximum absolute atomic E-state index is 13.7. The Bertz CT molecular complexity index is 822. The van der Waals surface area contributed by atoms with Gasteiger partial charge in [0.05, 0.1) is 5.02 Å². The van der Waals surface area contributed by atoms with Crippen molar-refractivity contribution in [2.45, 2.75) is 13.0 Å². The molecule has 0 fully saturated rings. The number of benzene rings is 2. The second kappa shape index (κ2) is 6.98. The van der Waals surface area contributed by atoms with E-state index in [-0.39, 0.29) is 11.8 Å². The molecule has 0 radical (unpaired) electrons. The summed E-state index contributed by atoms with van der Waals surface area (Å²) in [5, 5.41) is 2.49. The lowest BCUT2D eigenvalue weighted by atomic mass is 10.2. The summed E-state index contributed by atoms with van der Waals surface area (Å²) in [4.78, 5) is 24.2. The molecule has 2 aromatic rings. The second-order valence-electron chi connectivity index (χ2n) is 5.20. The third kappa shape index (κ3) is 3.66. The maximum atomic E-state index is 13.7. The molecule has 1 heterocycles. The number of ether oxygens (including phenoxy) is 3. The number of anilines is 1. The van der Waals surface area contributed by atoms with Crippen LogP contribution in [0.1, 0.15) is 17.3 Å². The summed E-state index contributed by atoms with van der Waals surface area (Å²) in [6.07, 6.45) is -1.16. The third-order valence-corrected chi connectivity index (χ3v) is 3.78. The highest BCUT2D eigenvalue weighted by Gasteiger charge is 2.24. The molecule has 0 bridgehead atoms. The van der Waals surface area contributed by atoms with Gasteiger partial charge in [0.2, 0.25) is 6.79 Å². The number of carbonyl (C=O) groups is 2. The van der Waals surface area contributed by atoms with Gasteiger partial charge in [-0.2, -0.15) is 0 Å². The molecule has 8 heteroatoms. The smallest absolute Gasteiger partial charge is 0.343 e. The highest BCUT2D eigenvalue weighted by atomic mass is 35.5. The topological polar surface area (TPSA) is 73.9 Å². The Morgan fingerprint density at radius 3 is 2.76 bits per heavy atom. The highest BCUT2D eigenvalue weighted by molar-refractivity contribution is 6.33. The van der Waals surface area contributed by atoms with E-state index in [9.17, 15) is 14.0 Å². The standard InChI is InChI=1S/C17H13ClFNO5/c1-9(25-17(22)15-11(18)3-2-4-12(15)19)16(21)20-10-5-6-13-14(7-10)24-8-23-13/h2-7,9H,8H2,1H3,(H,20,21)/t9-/m1/s1. The largest absolute Gasteiger partial charge is 0.454 e. The summed E-state index contributed by atoms with van der Waals surface area (Å²) in [7, 11) is 0. The minimum atomic E-state index is -1.16. The van der Waals surface area contributed by atoms with Crippen LogP contribution < -0.4 is 14.8 Å². The van der Waals surface area contributed by atoms with E-state index in [0.29, 0.717) is 17.2 Å². The number of fused-ring (bicyclic) bond motifs is 1. The molecular formula is C17H13ClFNO5. The molecule has 3 rings (SSSR count). The van der Waals surface area contributed by atoms with Gasteiger partial charge in [0.15, 0.2) is 17.6 Å². The fourth-order valence-corrected chi connectivity index (χ4v) is 2.42. The van der Waals surface area contributed by atoms with Crippen LogP contribution in [0, 0.1) is 5.82 Å². The lowest BCUT2D eigenvalue weighted by molar-refractivity contribution is -0.123. The van der Waals surface area contributed by atoms with Crippen LogP contribution in [0.4, 0.5) is 10.1 Å². The fourth-order valence-electron chi connectivity index (χ4n) is 2.18. The number of rotatable bonds is 4. The van der Waals surface area contributed by atoms with Crippen LogP contribution in [0.15, 0.2) is 36.4 Å². The van der Waals surface area contributed by atoms with E-state index in [1.807, 2.05) is 0 Å². The first-order valence-corrected chi connectivity index (χ1v) is 7.69. The molecule has 1 N–H and O–H groups in total. The van der Waals surface area contributed by atoms with Crippen molar-refractivity contribution < 1.29 is 28.2 Å². The molecule has 1 atom stereocenters. The predicted molar refractivity (Wildman–Crippen MR) is 87.5 cm³/mol. The van der Waals surface area contributed by atoms with Crippen molar-refractivity contribution in [2.75, 3.05) is 12.1 Å². The molecule has 1 amide bonds. The van der Waals surface area contributed by atoms with E-state index < -0.39 is 29.4 Å². The molecule has 2 aromatic carbocycles. The van der Waals surface area contributed by atoms with Crippen molar-refractivity contribution in [1.82, 2.24) is 0 Å². The molecule has 130 valence electrons. The number of nitrogens with one attached hydrogen (secondary N) is 1. The first-order chi connectivity index (χ1) is 12.0. The van der Waals surface area contributed by atoms with Crippen LogP contribution in [-0.2, 0) is 9.53 Å². The van der Waals surface area contributed by atoms with E-state index in [0.717, 1.165) is 6.07 Å². The summed E-state index contributed by atoms with van der Waals surface area (Å²) in [6.45, 7) is 1.49. The van der Waals surface area contributed by atoms with E-state index in [1.54, 1.807) is 18.2 Å². The van der Waals surface area contributed by atoms with Crippen LogP contribution in [0.3, 0.4) is 0 Å². The van der Waals surface area contributed by atoms with Gasteiger partial charge in [-0.15, -0.1) is 0 Å². The quantitative estimate of drug-likeness (QED) is 0.841. The lowest BCUT2D eigenvalue weighted by Gasteiger charge is -2.14. The number of carbonyl (C=O) groups excluding carboxylic acids is 2. The Hall–Kier alpha value is -2.80. The van der Waals surface area contributed by atoms with Crippen molar-refractivity contribution in [3.8, 4) is 11.5 Å². The molecule has 0 saturated heterocycles. The Balaban J connectivity index is 1.65. The summed E-state index contributed by atoms with van der Waals surface area (Å²) in [5.74, 6) is -1.34. The molecule has 0 aromatic heterocycles. The van der Waals surface area contributed by atoms with Crippen molar-refractivity contribution in [2.24, 2.45) is 0 Å². The molecule has 6 nitrogen and oxygen atoms in total. The first kappa shape index (κ1) is 17.0. The van der Waals surface area contributed by atoms with Crippen molar-refractivity contribution >= 4 is 29.2 Å². The molecule has 0 unspecified atom stereocenters. The second-order valence-corrected chi connectivity index (χ2v) is 5.61. The molecule has 0 spiro atoms. The lowest BCUT2D eigenvalue weighted by Crippen LogP contribution is -2.30. The SMILES string of the molecule is C[C@@H](OC(=O)c1c(F)cccc1Cl)C(=O)Nc1ccc2c(c1)OCO2. The molecule has 1 aliphatic heterocycles. The molecular weight excluding hydrogens is 353 g/mol.